The monoisotopic (exact) mass is 184 g/mol. The molecular formula is C10H20N2O. The largest absolute Gasteiger partial charge is 0.353 e. The van der Waals surface area contributed by atoms with Crippen molar-refractivity contribution in [2.24, 2.45) is 17.6 Å². The Bertz CT molecular complexity index is 182. The molecule has 3 N–H and O–H groups in total. The van der Waals surface area contributed by atoms with Crippen LogP contribution in [0, 0.1) is 11.8 Å². The highest BCUT2D eigenvalue weighted by Crippen LogP contribution is 2.37. The first-order valence-corrected chi connectivity index (χ1v) is 5.15. The molecule has 0 aliphatic heterocycles. The van der Waals surface area contributed by atoms with Crippen LogP contribution >= 0.6 is 0 Å². The molecule has 0 aromatic rings. The van der Waals surface area contributed by atoms with E-state index in [2.05, 4.69) is 12.2 Å². The molecule has 0 saturated heterocycles. The van der Waals surface area contributed by atoms with Crippen LogP contribution in [0.15, 0.2) is 0 Å². The first-order valence-electron chi connectivity index (χ1n) is 5.15. The van der Waals surface area contributed by atoms with Gasteiger partial charge in [0.1, 0.15) is 0 Å². The summed E-state index contributed by atoms with van der Waals surface area (Å²) in [5.41, 5.74) is 5.39. The third-order valence-electron chi connectivity index (χ3n) is 2.68. The van der Waals surface area contributed by atoms with Crippen LogP contribution in [0.3, 0.4) is 0 Å². The van der Waals surface area contributed by atoms with E-state index in [1.165, 1.54) is 0 Å². The van der Waals surface area contributed by atoms with Gasteiger partial charge in [-0.2, -0.15) is 0 Å². The van der Waals surface area contributed by atoms with Crippen molar-refractivity contribution in [1.29, 1.82) is 0 Å². The van der Waals surface area contributed by atoms with E-state index in [9.17, 15) is 4.79 Å². The number of hydrogen-bond donors (Lipinski definition) is 2. The fourth-order valence-corrected chi connectivity index (χ4v) is 1.53. The Hall–Kier alpha value is -0.570. The molecule has 13 heavy (non-hydrogen) atoms. The average Bonchev–Trinajstić information content (AvgIpc) is 2.79. The Kier molecular flexibility index (Phi) is 3.72. The molecule has 0 spiro atoms. The van der Waals surface area contributed by atoms with E-state index < -0.39 is 0 Å². The van der Waals surface area contributed by atoms with Crippen molar-refractivity contribution in [3.05, 3.63) is 0 Å². The quantitative estimate of drug-likeness (QED) is 0.666. The van der Waals surface area contributed by atoms with E-state index in [0.717, 1.165) is 19.3 Å². The molecule has 1 amide bonds. The van der Waals surface area contributed by atoms with E-state index in [4.69, 9.17) is 5.73 Å². The molecule has 1 fully saturated rings. The number of nitrogens with one attached hydrogen (secondary N) is 1. The molecule has 0 bridgehead atoms. The molecule has 0 radical (unpaired) electrons. The minimum absolute atomic E-state index is 0.233. The smallest absolute Gasteiger partial charge is 0.223 e. The molecule has 1 rings (SSSR count). The third kappa shape index (κ3) is 3.35. The Morgan fingerprint density at radius 1 is 1.69 bits per heavy atom. The maximum atomic E-state index is 11.4. The van der Waals surface area contributed by atoms with Crippen LogP contribution in [-0.4, -0.2) is 18.5 Å². The maximum Gasteiger partial charge on any atom is 0.223 e. The van der Waals surface area contributed by atoms with Gasteiger partial charge in [0.2, 0.25) is 5.91 Å². The summed E-state index contributed by atoms with van der Waals surface area (Å²) in [6.45, 7) is 4.87. The van der Waals surface area contributed by atoms with E-state index in [-0.39, 0.29) is 11.9 Å². The van der Waals surface area contributed by atoms with Crippen molar-refractivity contribution in [2.45, 2.75) is 39.2 Å². The van der Waals surface area contributed by atoms with Crippen molar-refractivity contribution in [3.63, 3.8) is 0 Å². The first-order chi connectivity index (χ1) is 6.15. The predicted octanol–water partition coefficient (Wildman–Crippen LogP) is 0.886. The molecule has 1 aliphatic rings. The topological polar surface area (TPSA) is 55.1 Å². The summed E-state index contributed by atoms with van der Waals surface area (Å²) >= 11 is 0. The van der Waals surface area contributed by atoms with Gasteiger partial charge >= 0.3 is 0 Å². The molecule has 1 saturated carbocycles. The minimum atomic E-state index is 0.233. The lowest BCUT2D eigenvalue weighted by atomic mass is 10.1. The summed E-state index contributed by atoms with van der Waals surface area (Å²) in [6.07, 6.45) is 3.04. The molecule has 3 heteroatoms. The fraction of sp³-hybridized carbons (Fsp3) is 0.900. The van der Waals surface area contributed by atoms with Crippen molar-refractivity contribution in [1.82, 2.24) is 5.32 Å². The van der Waals surface area contributed by atoms with Crippen LogP contribution in [0.5, 0.6) is 0 Å². The zero-order valence-electron chi connectivity index (χ0n) is 8.55. The molecule has 76 valence electrons. The van der Waals surface area contributed by atoms with E-state index in [0.29, 0.717) is 18.4 Å². The summed E-state index contributed by atoms with van der Waals surface area (Å²) in [4.78, 5) is 11.4. The number of hydrogen-bond acceptors (Lipinski definition) is 2. The Morgan fingerprint density at radius 2 is 2.31 bits per heavy atom. The van der Waals surface area contributed by atoms with Crippen molar-refractivity contribution in [3.8, 4) is 0 Å². The van der Waals surface area contributed by atoms with Gasteiger partial charge in [-0.05, 0) is 38.6 Å². The van der Waals surface area contributed by atoms with Crippen LogP contribution in [0.1, 0.15) is 33.1 Å². The Morgan fingerprint density at radius 3 is 2.77 bits per heavy atom. The third-order valence-corrected chi connectivity index (χ3v) is 2.68. The molecule has 0 aromatic heterocycles. The van der Waals surface area contributed by atoms with Crippen molar-refractivity contribution in [2.75, 3.05) is 6.54 Å². The van der Waals surface area contributed by atoms with Crippen LogP contribution in [-0.2, 0) is 4.79 Å². The normalized spacial score (nSPS) is 28.2. The molecule has 1 aliphatic carbocycles. The molecule has 3 atom stereocenters. The molecular weight excluding hydrogens is 164 g/mol. The number of amides is 1. The van der Waals surface area contributed by atoms with Crippen LogP contribution in [0.4, 0.5) is 0 Å². The molecule has 3 nitrogen and oxygen atoms in total. The van der Waals surface area contributed by atoms with Crippen LogP contribution in [0.25, 0.3) is 0 Å². The SMILES string of the molecule is CC(CCCN)NC(=O)C1CC1C. The van der Waals surface area contributed by atoms with Gasteiger partial charge in [0.25, 0.3) is 0 Å². The predicted molar refractivity (Wildman–Crippen MR) is 53.2 cm³/mol. The molecule has 0 aromatic carbocycles. The zero-order chi connectivity index (χ0) is 9.84. The second kappa shape index (κ2) is 4.61. The zero-order valence-corrected chi connectivity index (χ0v) is 8.55. The Labute approximate surface area is 80.1 Å². The van der Waals surface area contributed by atoms with Crippen molar-refractivity contribution >= 4 is 5.91 Å². The lowest BCUT2D eigenvalue weighted by molar-refractivity contribution is -0.123. The van der Waals surface area contributed by atoms with E-state index in [1.54, 1.807) is 0 Å². The van der Waals surface area contributed by atoms with Gasteiger partial charge in [-0.3, -0.25) is 4.79 Å². The summed E-state index contributed by atoms with van der Waals surface area (Å²) in [5, 5.41) is 3.01. The standard InChI is InChI=1S/C10H20N2O/c1-7-6-9(7)10(13)12-8(2)4-3-5-11/h7-9H,3-6,11H2,1-2H3,(H,12,13). The highest BCUT2D eigenvalue weighted by atomic mass is 16.2. The highest BCUT2D eigenvalue weighted by molar-refractivity contribution is 5.81. The lowest BCUT2D eigenvalue weighted by Crippen LogP contribution is -2.34. The highest BCUT2D eigenvalue weighted by Gasteiger charge is 2.39. The van der Waals surface area contributed by atoms with Crippen LogP contribution in [0.2, 0.25) is 0 Å². The van der Waals surface area contributed by atoms with Gasteiger partial charge < -0.3 is 11.1 Å². The maximum absolute atomic E-state index is 11.4. The first kappa shape index (κ1) is 10.5. The summed E-state index contributed by atoms with van der Waals surface area (Å²) < 4.78 is 0. The van der Waals surface area contributed by atoms with Gasteiger partial charge in [0.05, 0.1) is 0 Å². The summed E-state index contributed by atoms with van der Waals surface area (Å²) in [5.74, 6) is 1.12. The number of carbonyl (C=O) groups excluding carboxylic acids is 1. The van der Waals surface area contributed by atoms with E-state index in [1.807, 2.05) is 6.92 Å². The summed E-state index contributed by atoms with van der Waals surface area (Å²) in [6, 6.07) is 0.281. The fourth-order valence-electron chi connectivity index (χ4n) is 1.53. The van der Waals surface area contributed by atoms with Gasteiger partial charge in [-0.1, -0.05) is 6.92 Å². The van der Waals surface area contributed by atoms with Gasteiger partial charge in [-0.15, -0.1) is 0 Å². The Balaban J connectivity index is 2.12. The number of nitrogens with two attached hydrogens (primary N) is 1. The minimum Gasteiger partial charge on any atom is -0.353 e. The molecule has 3 unspecified atom stereocenters. The van der Waals surface area contributed by atoms with Crippen LogP contribution < -0.4 is 11.1 Å². The summed E-state index contributed by atoms with van der Waals surface area (Å²) in [7, 11) is 0. The number of rotatable bonds is 5. The second-order valence-corrected chi connectivity index (χ2v) is 4.16. The van der Waals surface area contributed by atoms with Gasteiger partial charge in [0, 0.05) is 12.0 Å². The van der Waals surface area contributed by atoms with Crippen molar-refractivity contribution < 1.29 is 4.79 Å². The lowest BCUT2D eigenvalue weighted by Gasteiger charge is -2.12. The number of carbonyl (C=O) groups is 1. The second-order valence-electron chi connectivity index (χ2n) is 4.16. The van der Waals surface area contributed by atoms with Gasteiger partial charge in [0.15, 0.2) is 0 Å². The van der Waals surface area contributed by atoms with Gasteiger partial charge in [-0.25, -0.2) is 0 Å². The average molecular weight is 184 g/mol. The molecule has 0 heterocycles. The van der Waals surface area contributed by atoms with E-state index >= 15 is 0 Å².